The summed E-state index contributed by atoms with van der Waals surface area (Å²) < 4.78 is 112. The van der Waals surface area contributed by atoms with E-state index in [1.807, 2.05) is 0 Å². The highest BCUT2D eigenvalue weighted by Gasteiger charge is 2.56. The van der Waals surface area contributed by atoms with Crippen molar-refractivity contribution in [2.45, 2.75) is 597 Å². The minimum Gasteiger partial charge on any atom is -0.462 e. The Bertz CT molecular complexity index is 3220. The number of phosphoric ester groups is 3. The number of ether oxygens (including phenoxy) is 8. The topological polar surface area (TPSA) is 467 Å². The van der Waals surface area contributed by atoms with Gasteiger partial charge in [-0.1, -0.05) is 389 Å². The van der Waals surface area contributed by atoms with Crippen LogP contribution in [-0.4, -0.2) is 193 Å². The molecular weight excluding hydrogens is 1840 g/mol. The highest BCUT2D eigenvalue weighted by atomic mass is 31.3. The number of phosphoric acid groups is 3. The van der Waals surface area contributed by atoms with Crippen molar-refractivity contribution < 1.29 is 143 Å². The molecule has 138 heavy (non-hydrogen) atoms. The smallest absolute Gasteiger partial charge is 0.462 e. The molecule has 2 aliphatic heterocycles. The number of carbonyl (C=O) groups excluding carboxylic acids is 7. The number of rotatable bonds is 94. The number of unbranched alkanes of at least 4 members (excludes halogenated alkanes) is 50. The number of hydrogen-bond acceptors (Lipinski definition) is 26. The fraction of sp³-hybridized carbons (Fsp3) is 0.932. The molecule has 2 aliphatic rings. The van der Waals surface area contributed by atoms with E-state index in [9.17, 15) is 72.9 Å². The summed E-state index contributed by atoms with van der Waals surface area (Å²) in [5.74, 6) is -6.26. The van der Waals surface area contributed by atoms with Crippen LogP contribution in [0, 0.1) is 0 Å². The van der Waals surface area contributed by atoms with E-state index < -0.39 is 209 Å². The largest absolute Gasteiger partial charge is 0.483 e. The van der Waals surface area contributed by atoms with Crippen molar-refractivity contribution in [2.24, 2.45) is 0 Å². The van der Waals surface area contributed by atoms with E-state index >= 15 is 14.4 Å². The van der Waals surface area contributed by atoms with Crippen LogP contribution in [0.4, 0.5) is 0 Å². The van der Waals surface area contributed by atoms with Crippen molar-refractivity contribution in [1.82, 2.24) is 10.6 Å². The summed E-state index contributed by atoms with van der Waals surface area (Å²) in [6.07, 6.45) is 28.3. The van der Waals surface area contributed by atoms with E-state index in [0.717, 1.165) is 283 Å². The minimum atomic E-state index is -6.08. The normalized spacial score (nSPS) is 20.5. The van der Waals surface area contributed by atoms with Crippen molar-refractivity contribution in [2.75, 3.05) is 19.8 Å². The third kappa shape index (κ3) is 67.9. The summed E-state index contributed by atoms with van der Waals surface area (Å²) in [5, 5.41) is 52.4. The molecule has 17 atom stereocenters. The van der Waals surface area contributed by atoms with Gasteiger partial charge in [-0.05, 0) is 70.6 Å². The van der Waals surface area contributed by atoms with Gasteiger partial charge in [0.05, 0.1) is 64.1 Å². The van der Waals surface area contributed by atoms with Crippen LogP contribution < -0.4 is 10.6 Å². The Morgan fingerprint density at radius 2 is 0.630 bits per heavy atom. The van der Waals surface area contributed by atoms with E-state index in [2.05, 4.69) is 59.1 Å². The van der Waals surface area contributed by atoms with Gasteiger partial charge in [-0.25, -0.2) is 13.7 Å². The van der Waals surface area contributed by atoms with Gasteiger partial charge in [0.25, 0.3) is 0 Å². The first-order valence-electron chi connectivity index (χ1n) is 55.0. The second-order valence-electron chi connectivity index (χ2n) is 39.0. The minimum absolute atomic E-state index is 0.0359. The quantitative estimate of drug-likeness (QED) is 0.0117. The molecule has 2 saturated heterocycles. The molecule has 12 unspecified atom stereocenters. The van der Waals surface area contributed by atoms with Crippen molar-refractivity contribution in [1.29, 1.82) is 0 Å². The van der Waals surface area contributed by atoms with Crippen molar-refractivity contribution in [3.63, 3.8) is 0 Å². The first-order valence-corrected chi connectivity index (χ1v) is 59.5. The summed E-state index contributed by atoms with van der Waals surface area (Å²) in [7, 11) is -17.4. The number of carbonyl (C=O) groups is 7. The lowest BCUT2D eigenvalue weighted by Gasteiger charge is -2.47. The molecule has 2 heterocycles. The van der Waals surface area contributed by atoms with E-state index in [4.69, 9.17) is 55.8 Å². The van der Waals surface area contributed by atoms with Crippen molar-refractivity contribution in [3.05, 3.63) is 0 Å². The Balaban J connectivity index is 3.10. The molecule has 0 aromatic rings. The van der Waals surface area contributed by atoms with Gasteiger partial charge >= 0.3 is 53.3 Å². The number of esters is 5. The summed E-state index contributed by atoms with van der Waals surface area (Å²) in [6, 6.07) is -4.19. The lowest BCUT2D eigenvalue weighted by atomic mass is 9.95. The summed E-state index contributed by atoms with van der Waals surface area (Å²) in [4.78, 5) is 146. The van der Waals surface area contributed by atoms with Crippen LogP contribution in [0.25, 0.3) is 0 Å². The van der Waals surface area contributed by atoms with Gasteiger partial charge in [-0.15, -0.1) is 0 Å². The average Bonchev–Trinajstić information content (AvgIpc) is 0.773. The predicted molar refractivity (Wildman–Crippen MR) is 535 cm³/mol. The maximum absolute atomic E-state index is 15.4. The molecular formula is C103H195N2O30P3. The zero-order chi connectivity index (χ0) is 102. The third-order valence-corrected chi connectivity index (χ3v) is 29.0. The summed E-state index contributed by atoms with van der Waals surface area (Å²) in [6.45, 7) is 13.7. The Hall–Kier alpha value is -3.62. The molecule has 0 aromatic carbocycles. The van der Waals surface area contributed by atoms with Gasteiger partial charge in [-0.3, -0.25) is 47.1 Å². The number of aliphatic hydroxyl groups is 4. The van der Waals surface area contributed by atoms with E-state index in [1.165, 1.54) is 25.7 Å². The van der Waals surface area contributed by atoms with Crippen LogP contribution >= 0.6 is 23.5 Å². The number of nitrogens with one attached hydrogen (secondary N) is 2. The Kier molecular flexibility index (Phi) is 78.9. The zero-order valence-electron chi connectivity index (χ0n) is 86.7. The number of hydrogen-bond donors (Lipinski definition) is 10. The second kappa shape index (κ2) is 83.4. The van der Waals surface area contributed by atoms with Gasteiger partial charge < -0.3 is 88.5 Å². The molecule has 2 amide bonds. The SMILES string of the molecule is CCCCCCCCCCCC(=O)O[C@H](CCCCCCCCCCC)CC(=O)NC1C(OP(=O)(O)OP(=O)(O)OCCC)OC(COC2OC(CO)C(OP(=O)(O)O)C(OC(=O)C[C@@H](CCCCCCCCC)OC(=O)CCCCCCCCCCC)C2NC(=O)C[C@@H](CCCCCCCCC)OC(=O)C[C@H](O)CCCCCCCCCCC)C(O)C1OC(=O)C[C@H](O)CCCCCCCCC. The van der Waals surface area contributed by atoms with Gasteiger partial charge in [0, 0.05) is 12.8 Å². The van der Waals surface area contributed by atoms with Crippen LogP contribution in [0.2, 0.25) is 0 Å². The second-order valence-corrected chi connectivity index (χ2v) is 43.2. The van der Waals surface area contributed by atoms with Crippen LogP contribution in [0.1, 0.15) is 505 Å². The highest BCUT2D eigenvalue weighted by Crippen LogP contribution is 2.61. The van der Waals surface area contributed by atoms with Crippen LogP contribution in [-0.2, 0) is 103 Å². The molecule has 0 aliphatic carbocycles. The standard InChI is InChI=1S/C103H195N2O30P3/c1-9-17-24-31-38-42-49-54-61-67-82(107)75-93(113)128-85(70-63-55-47-36-29-22-14-6)78-90(110)105-97-101(132-95(115)79-86(71-64-56-48-37-30-23-15-7)127-92(112)73-66-59-52-45-41-34-27-20-12-4)99(133-136(117,118)119)87(80-106)129-102(97)124-81-88-98(116)100(131-94(114)76-83(108)68-60-53-46-35-28-21-13-5)96(103(130-88)134-138(122,123)135-137(120,121)125-74-16-8)104-89(109)77-84(69-62-57-50-43-39-32-25-18-10-2)126-91(111)72-65-58-51-44-40-33-26-19-11-3/h82-88,96-103,106-108,116H,9-81H2,1-8H3,(H,104,109)(H,105,110)(H,120,121)(H,122,123)(H2,117,118,119)/t82-,83-,84-,85-,86-,87?,88?,96?,97?,98?,99?,100?,101?,102?,103?/m1/s1. The summed E-state index contributed by atoms with van der Waals surface area (Å²) in [5.41, 5.74) is 0. The first kappa shape index (κ1) is 130. The van der Waals surface area contributed by atoms with Crippen LogP contribution in [0.5, 0.6) is 0 Å². The lowest BCUT2D eigenvalue weighted by Crippen LogP contribution is -2.68. The van der Waals surface area contributed by atoms with E-state index in [1.54, 1.807) is 6.92 Å². The molecule has 0 spiro atoms. The van der Waals surface area contributed by atoms with Gasteiger partial charge in [0.15, 0.2) is 24.8 Å². The Morgan fingerprint density at radius 3 is 0.986 bits per heavy atom. The summed E-state index contributed by atoms with van der Waals surface area (Å²) >= 11 is 0. The van der Waals surface area contributed by atoms with Crippen LogP contribution in [0.15, 0.2) is 0 Å². The molecule has 0 aromatic heterocycles. The molecule has 812 valence electrons. The average molecular weight is 2030 g/mol. The number of amides is 2. The first-order chi connectivity index (χ1) is 66.4. The molecule has 0 saturated carbocycles. The number of aliphatic hydroxyl groups excluding tert-OH is 4. The maximum Gasteiger partial charge on any atom is 0.483 e. The van der Waals surface area contributed by atoms with Crippen molar-refractivity contribution >= 4 is 65.1 Å². The fourth-order valence-corrected chi connectivity index (χ4v) is 20.7. The Morgan fingerprint density at radius 1 is 0.326 bits per heavy atom. The molecule has 2 rings (SSSR count). The molecule has 10 N–H and O–H groups in total. The van der Waals surface area contributed by atoms with Gasteiger partial charge in [-0.2, -0.15) is 4.31 Å². The molecule has 2 fully saturated rings. The third-order valence-electron chi connectivity index (χ3n) is 25.8. The highest BCUT2D eigenvalue weighted by molar-refractivity contribution is 7.61. The predicted octanol–water partition coefficient (Wildman–Crippen LogP) is 23.3. The molecule has 0 radical (unpaired) electrons. The fourth-order valence-electron chi connectivity index (χ4n) is 17.8. The molecule has 35 heteroatoms. The van der Waals surface area contributed by atoms with Gasteiger partial charge in [0.2, 0.25) is 11.8 Å². The monoisotopic (exact) mass is 2030 g/mol. The molecule has 0 bridgehead atoms. The van der Waals surface area contributed by atoms with E-state index in [-0.39, 0.29) is 44.9 Å². The van der Waals surface area contributed by atoms with Crippen LogP contribution in [0.3, 0.4) is 0 Å². The molecule has 32 nitrogen and oxygen atoms in total. The van der Waals surface area contributed by atoms with Gasteiger partial charge in [0.1, 0.15) is 54.8 Å². The maximum atomic E-state index is 15.4. The Labute approximate surface area is 831 Å². The zero-order valence-corrected chi connectivity index (χ0v) is 89.4. The van der Waals surface area contributed by atoms with E-state index in [0.29, 0.717) is 64.2 Å². The lowest BCUT2D eigenvalue weighted by molar-refractivity contribution is -0.296. The van der Waals surface area contributed by atoms with Crippen molar-refractivity contribution in [3.8, 4) is 0 Å².